The van der Waals surface area contributed by atoms with Crippen LogP contribution in [0.15, 0.2) is 70.9 Å². The smallest absolute Gasteiger partial charge is 0.257 e. The van der Waals surface area contributed by atoms with Crippen molar-refractivity contribution in [3.8, 4) is 5.75 Å². The summed E-state index contributed by atoms with van der Waals surface area (Å²) in [6, 6.07) is 16.9. The zero-order chi connectivity index (χ0) is 20.9. The van der Waals surface area contributed by atoms with Crippen LogP contribution in [-0.4, -0.2) is 27.5 Å². The van der Waals surface area contributed by atoms with Gasteiger partial charge in [0.2, 0.25) is 0 Å². The number of carbonyl (C=O) groups excluding carboxylic acids is 1. The van der Waals surface area contributed by atoms with E-state index >= 15 is 0 Å². The third-order valence-corrected chi connectivity index (χ3v) is 7.74. The standard InChI is InChI=1S/C21H20ClNO4S2/c1-15-4-10-18(11-5-15)29(25,26)20(19-3-2-12-28-19)13-23-21(24)14-27-17-8-6-16(22)7-9-17/h2-12,20H,13-14H2,1H3,(H,23,24). The Morgan fingerprint density at radius 3 is 2.41 bits per heavy atom. The Balaban J connectivity index is 1.69. The lowest BCUT2D eigenvalue weighted by molar-refractivity contribution is -0.123. The normalized spacial score (nSPS) is 12.3. The van der Waals surface area contributed by atoms with Crippen LogP contribution in [0, 0.1) is 6.92 Å². The van der Waals surface area contributed by atoms with Gasteiger partial charge in [-0.15, -0.1) is 11.3 Å². The van der Waals surface area contributed by atoms with Gasteiger partial charge in [-0.1, -0.05) is 35.4 Å². The molecule has 0 fully saturated rings. The largest absolute Gasteiger partial charge is 0.484 e. The van der Waals surface area contributed by atoms with Gasteiger partial charge in [0.1, 0.15) is 11.0 Å². The number of ether oxygens (including phenoxy) is 1. The molecule has 0 aliphatic rings. The maximum absolute atomic E-state index is 13.2. The van der Waals surface area contributed by atoms with Crippen molar-refractivity contribution in [2.24, 2.45) is 0 Å². The minimum Gasteiger partial charge on any atom is -0.484 e. The van der Waals surface area contributed by atoms with Gasteiger partial charge in [-0.25, -0.2) is 8.42 Å². The molecule has 29 heavy (non-hydrogen) atoms. The van der Waals surface area contributed by atoms with Crippen molar-refractivity contribution < 1.29 is 17.9 Å². The highest BCUT2D eigenvalue weighted by Crippen LogP contribution is 2.31. The molecule has 3 rings (SSSR count). The average Bonchev–Trinajstić information content (AvgIpc) is 3.22. The minimum absolute atomic E-state index is 0.0421. The first kappa shape index (κ1) is 21.4. The molecule has 1 aromatic heterocycles. The number of hydrogen-bond donors (Lipinski definition) is 1. The van der Waals surface area contributed by atoms with Gasteiger partial charge in [-0.3, -0.25) is 4.79 Å². The van der Waals surface area contributed by atoms with E-state index in [2.05, 4.69) is 5.32 Å². The number of halogens is 1. The molecule has 1 unspecified atom stereocenters. The first-order valence-electron chi connectivity index (χ1n) is 8.85. The van der Waals surface area contributed by atoms with E-state index in [4.69, 9.17) is 16.3 Å². The maximum atomic E-state index is 13.2. The first-order chi connectivity index (χ1) is 13.9. The number of aryl methyl sites for hydroxylation is 1. The molecule has 1 heterocycles. The SMILES string of the molecule is Cc1ccc(S(=O)(=O)C(CNC(=O)COc2ccc(Cl)cc2)c2cccs2)cc1. The van der Waals surface area contributed by atoms with E-state index in [0.717, 1.165) is 5.56 Å². The second kappa shape index (κ2) is 9.43. The highest BCUT2D eigenvalue weighted by Gasteiger charge is 2.30. The second-order valence-electron chi connectivity index (χ2n) is 6.41. The molecule has 1 atom stereocenters. The molecule has 8 heteroatoms. The summed E-state index contributed by atoms with van der Waals surface area (Å²) in [5.74, 6) is 0.104. The van der Waals surface area contributed by atoms with Crippen molar-refractivity contribution in [3.05, 3.63) is 81.5 Å². The zero-order valence-corrected chi connectivity index (χ0v) is 18.1. The number of benzene rings is 2. The zero-order valence-electron chi connectivity index (χ0n) is 15.7. The molecule has 0 saturated heterocycles. The fourth-order valence-corrected chi connectivity index (χ4v) is 5.58. The third kappa shape index (κ3) is 5.59. The van der Waals surface area contributed by atoms with Crippen molar-refractivity contribution in [2.45, 2.75) is 17.1 Å². The summed E-state index contributed by atoms with van der Waals surface area (Å²) in [5, 5.41) is 4.20. The van der Waals surface area contributed by atoms with Crippen molar-refractivity contribution in [3.63, 3.8) is 0 Å². The quantitative estimate of drug-likeness (QED) is 0.552. The molecule has 0 aliphatic heterocycles. The summed E-state index contributed by atoms with van der Waals surface area (Å²) < 4.78 is 31.8. The molecular weight excluding hydrogens is 430 g/mol. The highest BCUT2D eigenvalue weighted by atomic mass is 35.5. The first-order valence-corrected chi connectivity index (χ1v) is 11.7. The van der Waals surface area contributed by atoms with Gasteiger partial charge < -0.3 is 10.1 Å². The molecule has 0 bridgehead atoms. The number of thiophene rings is 1. The van der Waals surface area contributed by atoms with Gasteiger partial charge in [-0.2, -0.15) is 0 Å². The molecular formula is C21H20ClNO4S2. The lowest BCUT2D eigenvalue weighted by Gasteiger charge is -2.18. The Labute approximate surface area is 179 Å². The number of rotatable bonds is 8. The van der Waals surface area contributed by atoms with Crippen LogP contribution in [0.3, 0.4) is 0 Å². The van der Waals surface area contributed by atoms with Crippen LogP contribution in [0.2, 0.25) is 5.02 Å². The molecule has 0 spiro atoms. The van der Waals surface area contributed by atoms with Gasteiger partial charge in [0.05, 0.1) is 4.90 Å². The van der Waals surface area contributed by atoms with Crippen LogP contribution >= 0.6 is 22.9 Å². The van der Waals surface area contributed by atoms with Crippen molar-refractivity contribution in [1.29, 1.82) is 0 Å². The fraction of sp³-hybridized carbons (Fsp3) is 0.190. The number of sulfone groups is 1. The molecule has 0 aliphatic carbocycles. The summed E-state index contributed by atoms with van der Waals surface area (Å²) in [6.07, 6.45) is 0. The van der Waals surface area contributed by atoms with E-state index in [-0.39, 0.29) is 18.0 Å². The summed E-state index contributed by atoms with van der Waals surface area (Å²) >= 11 is 7.16. The maximum Gasteiger partial charge on any atom is 0.257 e. The van der Waals surface area contributed by atoms with E-state index in [1.165, 1.54) is 11.3 Å². The Kier molecular flexibility index (Phi) is 6.95. The number of amides is 1. The molecule has 1 amide bonds. The Bertz CT molecular complexity index is 1050. The Morgan fingerprint density at radius 2 is 1.79 bits per heavy atom. The molecule has 3 aromatic rings. The predicted molar refractivity (Wildman–Crippen MR) is 115 cm³/mol. The number of nitrogens with one attached hydrogen (secondary N) is 1. The summed E-state index contributed by atoms with van der Waals surface area (Å²) in [7, 11) is -3.67. The minimum atomic E-state index is -3.67. The summed E-state index contributed by atoms with van der Waals surface area (Å²) in [5.41, 5.74) is 0.976. The van der Waals surface area contributed by atoms with Gasteiger partial charge in [0.15, 0.2) is 16.4 Å². The van der Waals surface area contributed by atoms with Crippen molar-refractivity contribution in [1.82, 2.24) is 5.32 Å². The monoisotopic (exact) mass is 449 g/mol. The van der Waals surface area contributed by atoms with Gasteiger partial charge in [0, 0.05) is 16.4 Å². The van der Waals surface area contributed by atoms with E-state index in [0.29, 0.717) is 15.6 Å². The van der Waals surface area contributed by atoms with E-state index in [1.807, 2.05) is 12.3 Å². The van der Waals surface area contributed by atoms with Crippen LogP contribution in [-0.2, 0) is 14.6 Å². The Hall–Kier alpha value is -2.35. The van der Waals surface area contributed by atoms with Crippen LogP contribution in [0.4, 0.5) is 0 Å². The number of hydrogen-bond acceptors (Lipinski definition) is 5. The van der Waals surface area contributed by atoms with Crippen molar-refractivity contribution >= 4 is 38.7 Å². The lowest BCUT2D eigenvalue weighted by atomic mass is 10.2. The molecule has 0 saturated carbocycles. The summed E-state index contributed by atoms with van der Waals surface area (Å²) in [4.78, 5) is 13.1. The highest BCUT2D eigenvalue weighted by molar-refractivity contribution is 7.91. The van der Waals surface area contributed by atoms with Crippen LogP contribution in [0.1, 0.15) is 15.7 Å². The van der Waals surface area contributed by atoms with Gasteiger partial charge in [-0.05, 0) is 54.8 Å². The van der Waals surface area contributed by atoms with E-state index in [1.54, 1.807) is 60.7 Å². The van der Waals surface area contributed by atoms with Gasteiger partial charge >= 0.3 is 0 Å². The summed E-state index contributed by atoms with van der Waals surface area (Å²) in [6.45, 7) is 1.64. The second-order valence-corrected chi connectivity index (χ2v) is 9.95. The van der Waals surface area contributed by atoms with E-state index in [9.17, 15) is 13.2 Å². The average molecular weight is 450 g/mol. The molecule has 152 valence electrons. The Morgan fingerprint density at radius 1 is 1.10 bits per heavy atom. The molecule has 5 nitrogen and oxygen atoms in total. The fourth-order valence-electron chi connectivity index (χ4n) is 2.67. The van der Waals surface area contributed by atoms with E-state index < -0.39 is 21.0 Å². The third-order valence-electron chi connectivity index (χ3n) is 4.25. The predicted octanol–water partition coefficient (Wildman–Crippen LogP) is 4.42. The van der Waals surface area contributed by atoms with Crippen LogP contribution < -0.4 is 10.1 Å². The molecule has 1 N–H and O–H groups in total. The topological polar surface area (TPSA) is 72.5 Å². The molecule has 2 aromatic carbocycles. The van der Waals surface area contributed by atoms with Crippen LogP contribution in [0.5, 0.6) is 5.75 Å². The van der Waals surface area contributed by atoms with Crippen molar-refractivity contribution in [2.75, 3.05) is 13.2 Å². The molecule has 0 radical (unpaired) electrons. The van der Waals surface area contributed by atoms with Crippen LogP contribution in [0.25, 0.3) is 0 Å². The van der Waals surface area contributed by atoms with Gasteiger partial charge in [0.25, 0.3) is 5.91 Å². The lowest BCUT2D eigenvalue weighted by Crippen LogP contribution is -2.34. The number of carbonyl (C=O) groups is 1.